The number of nitrogens with zero attached hydrogens (tertiary/aromatic N) is 3. The molecule has 0 bridgehead atoms. The van der Waals surface area contributed by atoms with Gasteiger partial charge in [0.15, 0.2) is 5.41 Å². The SMILES string of the molecule is O=C1NC(=O)[C@]2(Cc3ccccc3N3CCN(c4ccccc4)C[C@H]32)C(=O)N1c1cc(Cl)ccc1Cl. The van der Waals surface area contributed by atoms with Crippen molar-refractivity contribution in [2.45, 2.75) is 12.5 Å². The lowest BCUT2D eigenvalue weighted by Gasteiger charge is -2.55. The zero-order chi connectivity index (χ0) is 25.0. The van der Waals surface area contributed by atoms with Crippen molar-refractivity contribution in [2.75, 3.05) is 34.3 Å². The summed E-state index contributed by atoms with van der Waals surface area (Å²) in [5, 5.41) is 2.98. The average molecular weight is 521 g/mol. The number of nitrogens with one attached hydrogen (secondary N) is 1. The molecule has 7 nitrogen and oxygen atoms in total. The summed E-state index contributed by atoms with van der Waals surface area (Å²) in [6.07, 6.45) is 0.166. The molecule has 2 atom stereocenters. The van der Waals surface area contributed by atoms with E-state index in [-0.39, 0.29) is 17.1 Å². The molecule has 1 N–H and O–H groups in total. The number of halogens is 2. The summed E-state index contributed by atoms with van der Waals surface area (Å²) in [7, 11) is 0. The van der Waals surface area contributed by atoms with Crippen molar-refractivity contribution in [1.29, 1.82) is 0 Å². The van der Waals surface area contributed by atoms with Crippen LogP contribution >= 0.6 is 23.2 Å². The highest BCUT2D eigenvalue weighted by atomic mass is 35.5. The molecule has 0 aliphatic carbocycles. The molecule has 2 fully saturated rings. The van der Waals surface area contributed by atoms with Crippen molar-refractivity contribution in [2.24, 2.45) is 5.41 Å². The monoisotopic (exact) mass is 520 g/mol. The zero-order valence-electron chi connectivity index (χ0n) is 19.2. The van der Waals surface area contributed by atoms with Crippen LogP contribution in [0.1, 0.15) is 5.56 Å². The number of para-hydroxylation sites is 2. The van der Waals surface area contributed by atoms with Crippen molar-refractivity contribution in [3.63, 3.8) is 0 Å². The van der Waals surface area contributed by atoms with Gasteiger partial charge in [-0.25, -0.2) is 9.69 Å². The molecule has 6 rings (SSSR count). The van der Waals surface area contributed by atoms with Gasteiger partial charge in [-0.2, -0.15) is 0 Å². The minimum Gasteiger partial charge on any atom is -0.368 e. The van der Waals surface area contributed by atoms with E-state index in [1.165, 1.54) is 12.1 Å². The molecule has 3 aliphatic rings. The van der Waals surface area contributed by atoms with E-state index in [2.05, 4.69) is 15.1 Å². The Hall–Kier alpha value is -3.55. The van der Waals surface area contributed by atoms with Crippen molar-refractivity contribution in [1.82, 2.24) is 5.32 Å². The maximum Gasteiger partial charge on any atom is 0.335 e. The zero-order valence-corrected chi connectivity index (χ0v) is 20.7. The van der Waals surface area contributed by atoms with E-state index in [9.17, 15) is 14.4 Å². The fraction of sp³-hybridized carbons (Fsp3) is 0.222. The molecular formula is C27H22Cl2N4O3. The van der Waals surface area contributed by atoms with E-state index >= 15 is 0 Å². The Balaban J connectivity index is 1.50. The van der Waals surface area contributed by atoms with Crippen LogP contribution < -0.4 is 20.0 Å². The predicted octanol–water partition coefficient (Wildman–Crippen LogP) is 4.51. The quantitative estimate of drug-likeness (QED) is 0.503. The second kappa shape index (κ2) is 8.54. The lowest BCUT2D eigenvalue weighted by Crippen LogP contribution is -2.75. The van der Waals surface area contributed by atoms with E-state index in [1.807, 2.05) is 54.6 Å². The average Bonchev–Trinajstić information content (AvgIpc) is 2.89. The Morgan fingerprint density at radius 1 is 0.861 bits per heavy atom. The highest BCUT2D eigenvalue weighted by Gasteiger charge is 2.63. The second-order valence-corrected chi connectivity index (χ2v) is 10.1. The molecule has 2 saturated heterocycles. The summed E-state index contributed by atoms with van der Waals surface area (Å²) < 4.78 is 0. The molecule has 1 spiro atoms. The van der Waals surface area contributed by atoms with Gasteiger partial charge in [0, 0.05) is 36.0 Å². The van der Waals surface area contributed by atoms with Gasteiger partial charge >= 0.3 is 6.03 Å². The molecule has 36 heavy (non-hydrogen) atoms. The largest absolute Gasteiger partial charge is 0.368 e. The molecule has 182 valence electrons. The number of amides is 4. The summed E-state index contributed by atoms with van der Waals surface area (Å²) in [4.78, 5) is 46.5. The Kier molecular flexibility index (Phi) is 5.43. The molecule has 0 unspecified atom stereocenters. The topological polar surface area (TPSA) is 73.0 Å². The fourth-order valence-corrected chi connectivity index (χ4v) is 6.07. The maximum atomic E-state index is 14.4. The lowest BCUT2D eigenvalue weighted by molar-refractivity contribution is -0.144. The standard InChI is InChI=1S/C27H22Cl2N4O3/c28-18-10-11-20(29)22(14-18)33-25(35)27(24(34)30-26(33)36)15-17-6-4-5-9-21(17)32-13-12-31(16-23(27)32)19-7-2-1-3-8-19/h1-11,14,23H,12-13,15-16H2,(H,30,34,36)/t23-,27+/m0/s1. The number of rotatable bonds is 2. The van der Waals surface area contributed by atoms with Gasteiger partial charge in [0.05, 0.1) is 16.8 Å². The van der Waals surface area contributed by atoms with Crippen LogP contribution in [0, 0.1) is 5.41 Å². The molecule has 0 radical (unpaired) electrons. The molecule has 3 aliphatic heterocycles. The minimum absolute atomic E-state index is 0.152. The third kappa shape index (κ3) is 3.38. The van der Waals surface area contributed by atoms with E-state index < -0.39 is 29.3 Å². The van der Waals surface area contributed by atoms with Gasteiger partial charge in [-0.1, -0.05) is 59.6 Å². The molecular weight excluding hydrogens is 499 g/mol. The number of hydrogen-bond acceptors (Lipinski definition) is 5. The number of urea groups is 1. The Labute approximate surface area is 218 Å². The van der Waals surface area contributed by atoms with Crippen LogP contribution in [-0.4, -0.2) is 43.5 Å². The molecule has 4 amide bonds. The maximum absolute atomic E-state index is 14.4. The molecule has 0 saturated carbocycles. The molecule has 9 heteroatoms. The van der Waals surface area contributed by atoms with Crippen LogP contribution in [0.25, 0.3) is 0 Å². The number of barbiturate groups is 1. The van der Waals surface area contributed by atoms with Gasteiger partial charge < -0.3 is 9.80 Å². The molecule has 3 heterocycles. The number of carbonyl (C=O) groups is 3. The number of fused-ring (bicyclic) bond motifs is 4. The second-order valence-electron chi connectivity index (χ2n) is 9.26. The van der Waals surface area contributed by atoms with Crippen molar-refractivity contribution < 1.29 is 14.4 Å². The van der Waals surface area contributed by atoms with Gasteiger partial charge in [0.2, 0.25) is 5.91 Å². The Bertz CT molecular complexity index is 1400. The van der Waals surface area contributed by atoms with Gasteiger partial charge in [0.1, 0.15) is 0 Å². The lowest BCUT2D eigenvalue weighted by atomic mass is 9.67. The highest BCUT2D eigenvalue weighted by Crippen LogP contribution is 2.47. The Morgan fingerprint density at radius 2 is 1.61 bits per heavy atom. The van der Waals surface area contributed by atoms with Crippen LogP contribution in [-0.2, 0) is 16.0 Å². The number of hydrogen-bond donors (Lipinski definition) is 1. The first-order valence-corrected chi connectivity index (χ1v) is 12.5. The first-order valence-electron chi connectivity index (χ1n) is 11.7. The predicted molar refractivity (Wildman–Crippen MR) is 140 cm³/mol. The van der Waals surface area contributed by atoms with E-state index in [1.54, 1.807) is 6.07 Å². The van der Waals surface area contributed by atoms with Crippen molar-refractivity contribution in [3.05, 3.63) is 88.4 Å². The van der Waals surface area contributed by atoms with Gasteiger partial charge in [-0.05, 0) is 48.4 Å². The van der Waals surface area contributed by atoms with Crippen LogP contribution in [0.2, 0.25) is 10.0 Å². The van der Waals surface area contributed by atoms with Crippen molar-refractivity contribution in [3.8, 4) is 0 Å². The van der Waals surface area contributed by atoms with Gasteiger partial charge in [-0.3, -0.25) is 14.9 Å². The van der Waals surface area contributed by atoms with Crippen LogP contribution in [0.15, 0.2) is 72.8 Å². The van der Waals surface area contributed by atoms with Gasteiger partial charge in [0.25, 0.3) is 5.91 Å². The first kappa shape index (κ1) is 22.9. The van der Waals surface area contributed by atoms with E-state index in [0.29, 0.717) is 18.1 Å². The normalized spacial score (nSPS) is 23.4. The summed E-state index contributed by atoms with van der Waals surface area (Å²) in [5.74, 6) is -1.19. The third-order valence-corrected chi connectivity index (χ3v) is 7.96. The number of carbonyl (C=O) groups excluding carboxylic acids is 3. The molecule has 0 aromatic heterocycles. The van der Waals surface area contributed by atoms with Crippen LogP contribution in [0.3, 0.4) is 0 Å². The molecule has 3 aromatic carbocycles. The highest BCUT2D eigenvalue weighted by molar-refractivity contribution is 6.39. The number of benzene rings is 3. The van der Waals surface area contributed by atoms with Gasteiger partial charge in [-0.15, -0.1) is 0 Å². The summed E-state index contributed by atoms with van der Waals surface area (Å²) in [6, 6.07) is 21.0. The fourth-order valence-electron chi connectivity index (χ4n) is 5.70. The smallest absolute Gasteiger partial charge is 0.335 e. The van der Waals surface area contributed by atoms with E-state index in [0.717, 1.165) is 28.4 Å². The molecule has 3 aromatic rings. The number of imide groups is 2. The van der Waals surface area contributed by atoms with Crippen LogP contribution in [0.5, 0.6) is 0 Å². The number of piperazine rings is 1. The Morgan fingerprint density at radius 3 is 2.42 bits per heavy atom. The van der Waals surface area contributed by atoms with E-state index in [4.69, 9.17) is 23.2 Å². The van der Waals surface area contributed by atoms with Crippen LogP contribution in [0.4, 0.5) is 21.9 Å². The van der Waals surface area contributed by atoms with Crippen molar-refractivity contribution >= 4 is 58.1 Å². The third-order valence-electron chi connectivity index (χ3n) is 7.40. The number of anilines is 3. The summed E-state index contributed by atoms with van der Waals surface area (Å²) in [5.41, 5.74) is 1.52. The summed E-state index contributed by atoms with van der Waals surface area (Å²) >= 11 is 12.6. The minimum atomic E-state index is -1.54. The summed E-state index contributed by atoms with van der Waals surface area (Å²) in [6.45, 7) is 1.77. The first-order chi connectivity index (χ1) is 17.4.